The van der Waals surface area contributed by atoms with Crippen molar-refractivity contribution in [1.29, 1.82) is 0 Å². The molecule has 3 nitrogen and oxygen atoms in total. The molecular weight excluding hydrogens is 222 g/mol. The Hall–Kier alpha value is -0.120. The highest BCUT2D eigenvalue weighted by Gasteiger charge is 2.26. The Kier molecular flexibility index (Phi) is 7.20. The topological polar surface area (TPSA) is 18.5 Å². The van der Waals surface area contributed by atoms with Gasteiger partial charge in [-0.15, -0.1) is 0 Å². The van der Waals surface area contributed by atoms with Gasteiger partial charge in [0.25, 0.3) is 0 Å². The molecule has 0 aromatic heterocycles. The van der Waals surface area contributed by atoms with Gasteiger partial charge in [-0.25, -0.2) is 0 Å². The predicted molar refractivity (Wildman–Crippen MR) is 80.1 cm³/mol. The third-order valence-corrected chi connectivity index (χ3v) is 4.34. The van der Waals surface area contributed by atoms with Crippen LogP contribution in [0.2, 0.25) is 0 Å². The Balaban J connectivity index is 2.34. The molecule has 1 saturated heterocycles. The van der Waals surface area contributed by atoms with E-state index in [1.165, 1.54) is 38.9 Å². The summed E-state index contributed by atoms with van der Waals surface area (Å²) in [6.45, 7) is 14.1. The van der Waals surface area contributed by atoms with E-state index in [1.54, 1.807) is 0 Å². The van der Waals surface area contributed by atoms with Crippen molar-refractivity contribution >= 4 is 0 Å². The van der Waals surface area contributed by atoms with E-state index in [1.807, 2.05) is 0 Å². The first-order chi connectivity index (χ1) is 8.58. The molecule has 0 bridgehead atoms. The average molecular weight is 255 g/mol. The molecule has 0 aromatic carbocycles. The lowest BCUT2D eigenvalue weighted by molar-refractivity contribution is 0.0622. The molecule has 0 aliphatic carbocycles. The Morgan fingerprint density at radius 1 is 1.22 bits per heavy atom. The molecule has 0 spiro atoms. The standard InChI is InChI=1S/C15H33N3/c1-6-8-16-13(3)11-14(4)18-10-9-17(5)15(7-2)12-18/h13-16H,6-12H2,1-5H3. The molecule has 1 heterocycles. The van der Waals surface area contributed by atoms with Gasteiger partial charge in [-0.2, -0.15) is 0 Å². The quantitative estimate of drug-likeness (QED) is 0.752. The van der Waals surface area contributed by atoms with Gasteiger partial charge >= 0.3 is 0 Å². The summed E-state index contributed by atoms with van der Waals surface area (Å²) in [5.41, 5.74) is 0. The van der Waals surface area contributed by atoms with Crippen molar-refractivity contribution in [3.8, 4) is 0 Å². The third-order valence-electron chi connectivity index (χ3n) is 4.34. The Labute approximate surface area is 114 Å². The molecule has 1 aliphatic heterocycles. The van der Waals surface area contributed by atoms with Gasteiger partial charge in [-0.05, 0) is 46.7 Å². The van der Waals surface area contributed by atoms with Gasteiger partial charge in [0.05, 0.1) is 0 Å². The zero-order chi connectivity index (χ0) is 13.5. The summed E-state index contributed by atoms with van der Waals surface area (Å²) >= 11 is 0. The first kappa shape index (κ1) is 15.9. The number of nitrogens with zero attached hydrogens (tertiary/aromatic N) is 2. The predicted octanol–water partition coefficient (Wildman–Crippen LogP) is 2.18. The highest BCUT2D eigenvalue weighted by atomic mass is 15.3. The maximum Gasteiger partial charge on any atom is 0.0218 e. The second-order valence-corrected chi connectivity index (χ2v) is 5.98. The monoisotopic (exact) mass is 255 g/mol. The molecule has 0 radical (unpaired) electrons. The summed E-state index contributed by atoms with van der Waals surface area (Å²) in [5, 5.41) is 3.60. The van der Waals surface area contributed by atoms with Gasteiger partial charge in [0.2, 0.25) is 0 Å². The van der Waals surface area contributed by atoms with E-state index in [0.29, 0.717) is 12.1 Å². The largest absolute Gasteiger partial charge is 0.314 e. The molecule has 0 saturated carbocycles. The highest BCUT2D eigenvalue weighted by Crippen LogP contribution is 2.15. The number of rotatable bonds is 7. The van der Waals surface area contributed by atoms with Crippen LogP contribution < -0.4 is 5.32 Å². The molecule has 0 amide bonds. The Morgan fingerprint density at radius 2 is 1.94 bits per heavy atom. The lowest BCUT2D eigenvalue weighted by Gasteiger charge is -2.42. The first-order valence-corrected chi connectivity index (χ1v) is 7.76. The van der Waals surface area contributed by atoms with Crippen LogP contribution in [0.15, 0.2) is 0 Å². The lowest BCUT2D eigenvalue weighted by atomic mass is 10.0. The number of hydrogen-bond donors (Lipinski definition) is 1. The minimum atomic E-state index is 0.639. The summed E-state index contributed by atoms with van der Waals surface area (Å²) < 4.78 is 0. The lowest BCUT2D eigenvalue weighted by Crippen LogP contribution is -2.54. The number of nitrogens with one attached hydrogen (secondary N) is 1. The zero-order valence-electron chi connectivity index (χ0n) is 13.1. The van der Waals surface area contributed by atoms with Gasteiger partial charge in [0.15, 0.2) is 0 Å². The Morgan fingerprint density at radius 3 is 2.56 bits per heavy atom. The number of likely N-dealkylation sites (N-methyl/N-ethyl adjacent to an activating group) is 1. The molecule has 1 aliphatic rings. The molecule has 108 valence electrons. The Bertz CT molecular complexity index is 220. The summed E-state index contributed by atoms with van der Waals surface area (Å²) in [4.78, 5) is 5.19. The van der Waals surface area contributed by atoms with E-state index in [9.17, 15) is 0 Å². The van der Waals surface area contributed by atoms with E-state index >= 15 is 0 Å². The minimum Gasteiger partial charge on any atom is -0.314 e. The molecule has 1 fully saturated rings. The third kappa shape index (κ3) is 4.87. The van der Waals surface area contributed by atoms with Crippen LogP contribution in [0, 0.1) is 0 Å². The maximum absolute atomic E-state index is 3.60. The van der Waals surface area contributed by atoms with E-state index < -0.39 is 0 Å². The normalized spacial score (nSPS) is 26.2. The van der Waals surface area contributed by atoms with Crippen LogP contribution in [0.1, 0.15) is 47.0 Å². The minimum absolute atomic E-state index is 0.639. The highest BCUT2D eigenvalue weighted by molar-refractivity contribution is 4.83. The molecule has 1 N–H and O–H groups in total. The SMILES string of the molecule is CCCNC(C)CC(C)N1CCN(C)C(CC)C1. The summed E-state index contributed by atoms with van der Waals surface area (Å²) in [6.07, 6.45) is 3.76. The average Bonchev–Trinajstić information content (AvgIpc) is 2.36. The molecular formula is C15H33N3. The van der Waals surface area contributed by atoms with Crippen LogP contribution in [0.3, 0.4) is 0 Å². The second-order valence-electron chi connectivity index (χ2n) is 5.98. The fraction of sp³-hybridized carbons (Fsp3) is 1.00. The van der Waals surface area contributed by atoms with Crippen molar-refractivity contribution in [2.75, 3.05) is 33.2 Å². The summed E-state index contributed by atoms with van der Waals surface area (Å²) in [6, 6.07) is 2.09. The van der Waals surface area contributed by atoms with Crippen LogP contribution in [0.5, 0.6) is 0 Å². The summed E-state index contributed by atoms with van der Waals surface area (Å²) in [7, 11) is 2.27. The van der Waals surface area contributed by atoms with E-state index in [-0.39, 0.29) is 0 Å². The fourth-order valence-electron chi connectivity index (χ4n) is 2.95. The van der Waals surface area contributed by atoms with Gasteiger partial charge in [0, 0.05) is 37.8 Å². The van der Waals surface area contributed by atoms with Crippen molar-refractivity contribution in [3.63, 3.8) is 0 Å². The summed E-state index contributed by atoms with van der Waals surface area (Å²) in [5.74, 6) is 0. The smallest absolute Gasteiger partial charge is 0.0218 e. The molecule has 3 unspecified atom stereocenters. The van der Waals surface area contributed by atoms with Crippen molar-refractivity contribution in [3.05, 3.63) is 0 Å². The second kappa shape index (κ2) is 8.13. The van der Waals surface area contributed by atoms with Crippen molar-refractivity contribution < 1.29 is 0 Å². The van der Waals surface area contributed by atoms with Crippen molar-refractivity contribution in [2.24, 2.45) is 0 Å². The first-order valence-electron chi connectivity index (χ1n) is 7.76. The van der Waals surface area contributed by atoms with Crippen molar-refractivity contribution in [2.45, 2.75) is 65.1 Å². The number of hydrogen-bond acceptors (Lipinski definition) is 3. The van der Waals surface area contributed by atoms with E-state index in [4.69, 9.17) is 0 Å². The van der Waals surface area contributed by atoms with Crippen LogP contribution in [0.25, 0.3) is 0 Å². The molecule has 3 atom stereocenters. The van der Waals surface area contributed by atoms with E-state index in [0.717, 1.165) is 12.6 Å². The van der Waals surface area contributed by atoms with Crippen LogP contribution in [-0.2, 0) is 0 Å². The van der Waals surface area contributed by atoms with Crippen LogP contribution in [-0.4, -0.2) is 61.2 Å². The zero-order valence-corrected chi connectivity index (χ0v) is 13.1. The molecule has 3 heteroatoms. The van der Waals surface area contributed by atoms with Gasteiger partial charge in [0.1, 0.15) is 0 Å². The van der Waals surface area contributed by atoms with Gasteiger partial charge in [-0.3, -0.25) is 4.90 Å². The number of piperazine rings is 1. The van der Waals surface area contributed by atoms with Gasteiger partial charge in [-0.1, -0.05) is 13.8 Å². The molecule has 0 aromatic rings. The molecule has 1 rings (SSSR count). The van der Waals surface area contributed by atoms with Gasteiger partial charge < -0.3 is 10.2 Å². The van der Waals surface area contributed by atoms with Crippen LogP contribution in [0.4, 0.5) is 0 Å². The molecule has 18 heavy (non-hydrogen) atoms. The fourth-order valence-corrected chi connectivity index (χ4v) is 2.95. The maximum atomic E-state index is 3.60. The van der Waals surface area contributed by atoms with Crippen molar-refractivity contribution in [1.82, 2.24) is 15.1 Å². The van der Waals surface area contributed by atoms with Crippen LogP contribution >= 0.6 is 0 Å². The van der Waals surface area contributed by atoms with E-state index in [2.05, 4.69) is 49.9 Å².